The van der Waals surface area contributed by atoms with Crippen molar-refractivity contribution in [3.63, 3.8) is 0 Å². The highest BCUT2D eigenvalue weighted by Gasteiger charge is 2.07. The highest BCUT2D eigenvalue weighted by atomic mass is 16.4. The zero-order chi connectivity index (χ0) is 28.9. The van der Waals surface area contributed by atoms with Crippen LogP contribution in [0.3, 0.4) is 0 Å². The molecule has 0 amide bonds. The van der Waals surface area contributed by atoms with Crippen LogP contribution in [0, 0.1) is 0 Å². The van der Waals surface area contributed by atoms with E-state index in [1.165, 1.54) is 0 Å². The molecule has 20 N–H and O–H groups in total. The Kier molecular flexibility index (Phi) is 44.4. The van der Waals surface area contributed by atoms with Crippen LogP contribution < -0.4 is 34.4 Å². The van der Waals surface area contributed by atoms with Crippen LogP contribution in [0.15, 0.2) is 0 Å². The van der Waals surface area contributed by atoms with Crippen LogP contribution in [-0.2, 0) is 28.8 Å². The van der Waals surface area contributed by atoms with E-state index in [-0.39, 0.29) is 26.2 Å². The monoisotopic (exact) mass is 510 g/mol. The molecule has 34 heavy (non-hydrogen) atoms. The number of hydrogen-bond donors (Lipinski definition) is 14. The molecule has 0 radical (unpaired) electrons. The second kappa shape index (κ2) is 34.1. The SMILES string of the molecule is NC(CO)C(=O)O.NC(CO)C(=O)O.NCC(=O)O.NCC(=O)O.NCC(=O)O.NCC(=O)O. The number of carboxylic acids is 6. The summed E-state index contributed by atoms with van der Waals surface area (Å²) >= 11 is 0. The minimum absolute atomic E-state index is 0.278. The number of rotatable bonds is 8. The fraction of sp³-hybridized carbons (Fsp3) is 0.571. The Morgan fingerprint density at radius 2 is 0.588 bits per heavy atom. The van der Waals surface area contributed by atoms with Gasteiger partial charge >= 0.3 is 35.8 Å². The molecule has 204 valence electrons. The van der Waals surface area contributed by atoms with Gasteiger partial charge in [-0.1, -0.05) is 0 Å². The lowest BCUT2D eigenvalue weighted by Gasteiger charge is -1.96. The van der Waals surface area contributed by atoms with Gasteiger partial charge in [0.15, 0.2) is 0 Å². The molecule has 20 nitrogen and oxygen atoms in total. The number of carboxylic acid groups (broad SMARTS) is 6. The Balaban J connectivity index is -0.0000000697. The van der Waals surface area contributed by atoms with Crippen LogP contribution in [0.25, 0.3) is 0 Å². The summed E-state index contributed by atoms with van der Waals surface area (Å²) in [4.78, 5) is 56.3. The highest BCUT2D eigenvalue weighted by molar-refractivity contribution is 5.73. The van der Waals surface area contributed by atoms with Crippen molar-refractivity contribution in [3.8, 4) is 0 Å². The predicted molar refractivity (Wildman–Crippen MR) is 112 cm³/mol. The van der Waals surface area contributed by atoms with Gasteiger partial charge in [0.05, 0.1) is 39.4 Å². The van der Waals surface area contributed by atoms with Crippen molar-refractivity contribution in [2.75, 3.05) is 39.4 Å². The quantitative estimate of drug-likeness (QED) is 0.144. The standard InChI is InChI=1S/2C3H7NO3.4C2H5NO2/c2*4-2(1-5)3(6)7;4*3-1-2(4)5/h2*2,5H,1,4H2,(H,6,7);4*1,3H2,(H,4,5). The van der Waals surface area contributed by atoms with Gasteiger partial charge in [0.25, 0.3) is 0 Å². The van der Waals surface area contributed by atoms with Gasteiger partial charge in [0, 0.05) is 0 Å². The molecule has 0 bridgehead atoms. The van der Waals surface area contributed by atoms with Gasteiger partial charge in [0.1, 0.15) is 12.1 Å². The molecule has 0 aliphatic carbocycles. The number of nitrogens with two attached hydrogens (primary N) is 6. The molecule has 0 aliphatic heterocycles. The van der Waals surface area contributed by atoms with Crippen LogP contribution in [0.1, 0.15) is 0 Å². The van der Waals surface area contributed by atoms with E-state index in [9.17, 15) is 28.8 Å². The molecule has 0 aromatic carbocycles. The van der Waals surface area contributed by atoms with Gasteiger partial charge in [-0.3, -0.25) is 28.8 Å². The first-order valence-electron chi connectivity index (χ1n) is 8.31. The summed E-state index contributed by atoms with van der Waals surface area (Å²) < 4.78 is 0. The average Bonchev–Trinajstić information content (AvgIpc) is 2.79. The summed E-state index contributed by atoms with van der Waals surface area (Å²) in [5, 5.41) is 62.2. The van der Waals surface area contributed by atoms with Crippen LogP contribution in [0.5, 0.6) is 0 Å². The maximum Gasteiger partial charge on any atom is 0.322 e. The largest absolute Gasteiger partial charge is 0.480 e. The smallest absolute Gasteiger partial charge is 0.322 e. The lowest BCUT2D eigenvalue weighted by Crippen LogP contribution is -2.33. The van der Waals surface area contributed by atoms with E-state index < -0.39 is 61.1 Å². The van der Waals surface area contributed by atoms with Crippen molar-refractivity contribution >= 4 is 35.8 Å². The van der Waals surface area contributed by atoms with Crippen LogP contribution in [-0.4, -0.2) is 128 Å². The number of aliphatic hydroxyl groups is 2. The van der Waals surface area contributed by atoms with Gasteiger partial charge < -0.3 is 75.3 Å². The zero-order valence-electron chi connectivity index (χ0n) is 17.9. The van der Waals surface area contributed by atoms with Crippen LogP contribution >= 0.6 is 0 Å². The van der Waals surface area contributed by atoms with Crippen molar-refractivity contribution < 1.29 is 69.6 Å². The third kappa shape index (κ3) is 79.2. The first-order chi connectivity index (χ1) is 15.4. The average molecular weight is 510 g/mol. The first-order valence-corrected chi connectivity index (χ1v) is 8.31. The third-order valence-corrected chi connectivity index (χ3v) is 1.73. The van der Waals surface area contributed by atoms with Crippen LogP contribution in [0.2, 0.25) is 0 Å². The highest BCUT2D eigenvalue weighted by Crippen LogP contribution is 1.71. The lowest BCUT2D eigenvalue weighted by atomic mass is 10.3. The lowest BCUT2D eigenvalue weighted by molar-refractivity contribution is -0.140. The normalized spacial score (nSPS) is 9.88. The molecule has 2 unspecified atom stereocenters. The van der Waals surface area contributed by atoms with E-state index in [0.717, 1.165) is 0 Å². The summed E-state index contributed by atoms with van der Waals surface area (Å²) in [5.74, 6) is -6.23. The van der Waals surface area contributed by atoms with E-state index in [2.05, 4.69) is 22.9 Å². The summed E-state index contributed by atoms with van der Waals surface area (Å²) in [6, 6.07) is -2.25. The van der Waals surface area contributed by atoms with Gasteiger partial charge in [-0.2, -0.15) is 0 Å². The Bertz CT molecular complexity index is 487. The Labute approximate surface area is 192 Å². The van der Waals surface area contributed by atoms with Crippen molar-refractivity contribution in [1.82, 2.24) is 0 Å². The molecule has 0 aromatic rings. The molecular formula is C14H34N6O14. The summed E-state index contributed by atoms with van der Waals surface area (Å²) in [7, 11) is 0. The number of hydrogen-bond acceptors (Lipinski definition) is 14. The second-order valence-corrected chi connectivity index (χ2v) is 4.65. The van der Waals surface area contributed by atoms with Crippen LogP contribution in [0.4, 0.5) is 0 Å². The molecule has 0 saturated carbocycles. The predicted octanol–water partition coefficient (Wildman–Crippen LogP) is -7.10. The zero-order valence-corrected chi connectivity index (χ0v) is 17.9. The summed E-state index contributed by atoms with van der Waals surface area (Å²) in [6.45, 7) is -2.12. The number of aliphatic carboxylic acids is 6. The Morgan fingerprint density at radius 1 is 0.471 bits per heavy atom. The minimum Gasteiger partial charge on any atom is -0.480 e. The van der Waals surface area contributed by atoms with E-state index in [4.69, 9.17) is 52.3 Å². The maximum atomic E-state index is 9.65. The van der Waals surface area contributed by atoms with Gasteiger partial charge in [-0.25, -0.2) is 0 Å². The molecular weight excluding hydrogens is 476 g/mol. The van der Waals surface area contributed by atoms with Crippen molar-refractivity contribution in [2.24, 2.45) is 34.4 Å². The molecule has 20 heteroatoms. The van der Waals surface area contributed by atoms with E-state index in [1.807, 2.05) is 0 Å². The summed E-state index contributed by atoms with van der Waals surface area (Å²) in [5.41, 5.74) is 27.8. The number of aliphatic hydroxyl groups excluding tert-OH is 2. The number of carbonyl (C=O) groups is 6. The van der Waals surface area contributed by atoms with Crippen molar-refractivity contribution in [2.45, 2.75) is 12.1 Å². The fourth-order valence-electron chi connectivity index (χ4n) is 0.156. The Morgan fingerprint density at radius 3 is 0.588 bits per heavy atom. The third-order valence-electron chi connectivity index (χ3n) is 1.73. The molecule has 0 aliphatic rings. The van der Waals surface area contributed by atoms with Gasteiger partial charge in [-0.15, -0.1) is 0 Å². The van der Waals surface area contributed by atoms with E-state index in [1.54, 1.807) is 0 Å². The molecule has 0 spiro atoms. The first kappa shape index (κ1) is 44.2. The molecule has 2 atom stereocenters. The molecule has 0 heterocycles. The maximum absolute atomic E-state index is 9.65. The molecule has 0 fully saturated rings. The van der Waals surface area contributed by atoms with Gasteiger partial charge in [-0.05, 0) is 0 Å². The van der Waals surface area contributed by atoms with E-state index >= 15 is 0 Å². The van der Waals surface area contributed by atoms with Crippen molar-refractivity contribution in [1.29, 1.82) is 0 Å². The van der Waals surface area contributed by atoms with E-state index in [0.29, 0.717) is 0 Å². The molecule has 0 saturated heterocycles. The Hall–Kier alpha value is -3.50. The second-order valence-electron chi connectivity index (χ2n) is 4.65. The van der Waals surface area contributed by atoms with Gasteiger partial charge in [0.2, 0.25) is 0 Å². The molecule has 0 aromatic heterocycles. The van der Waals surface area contributed by atoms with Crippen molar-refractivity contribution in [3.05, 3.63) is 0 Å². The summed E-state index contributed by atoms with van der Waals surface area (Å²) in [6.07, 6.45) is 0. The fourth-order valence-corrected chi connectivity index (χ4v) is 0.156. The minimum atomic E-state index is -1.18. The molecule has 0 rings (SSSR count). The topological polar surface area (TPSA) is 420 Å².